The average molecular weight is 355 g/mol. The summed E-state index contributed by atoms with van der Waals surface area (Å²) in [6.07, 6.45) is 6.87. The Labute approximate surface area is 149 Å². The molecule has 0 aromatic carbocycles. The Balaban J connectivity index is 1.83. The van der Waals surface area contributed by atoms with Crippen molar-refractivity contribution in [2.45, 2.75) is 19.8 Å². The summed E-state index contributed by atoms with van der Waals surface area (Å²) < 4.78 is 5.73. The highest BCUT2D eigenvalue weighted by Crippen LogP contribution is 2.22. The second kappa shape index (κ2) is 7.81. The molecule has 7 heteroatoms. The molecule has 0 bridgehead atoms. The van der Waals surface area contributed by atoms with Crippen LogP contribution in [0.4, 0.5) is 0 Å². The van der Waals surface area contributed by atoms with Crippen LogP contribution in [0, 0.1) is 0 Å². The minimum atomic E-state index is -0.140. The number of aryl methyl sites for hydroxylation is 1. The summed E-state index contributed by atoms with van der Waals surface area (Å²) in [7, 11) is 0. The SMILES string of the molecule is CCc1cc(Oc2cncnc2)cc(C(=O)Cc2ccc(Cl)cn2)n1. The zero-order valence-electron chi connectivity index (χ0n) is 13.5. The number of hydrogen-bond acceptors (Lipinski definition) is 6. The summed E-state index contributed by atoms with van der Waals surface area (Å²) in [5.41, 5.74) is 1.74. The van der Waals surface area contributed by atoms with E-state index in [4.69, 9.17) is 16.3 Å². The van der Waals surface area contributed by atoms with Crippen molar-refractivity contribution in [2.24, 2.45) is 0 Å². The Kier molecular flexibility index (Phi) is 5.30. The van der Waals surface area contributed by atoms with Gasteiger partial charge in [0.25, 0.3) is 0 Å². The number of nitrogens with zero attached hydrogens (tertiary/aromatic N) is 4. The van der Waals surface area contributed by atoms with Gasteiger partial charge in [0.2, 0.25) is 0 Å². The van der Waals surface area contributed by atoms with Crippen molar-refractivity contribution in [3.8, 4) is 11.5 Å². The largest absolute Gasteiger partial charge is 0.454 e. The Hall–Kier alpha value is -2.86. The highest BCUT2D eigenvalue weighted by Gasteiger charge is 2.13. The van der Waals surface area contributed by atoms with E-state index in [-0.39, 0.29) is 12.2 Å². The molecule has 3 rings (SSSR count). The van der Waals surface area contributed by atoms with Gasteiger partial charge in [0.1, 0.15) is 17.8 Å². The molecule has 0 aliphatic carbocycles. The first-order chi connectivity index (χ1) is 12.1. The summed E-state index contributed by atoms with van der Waals surface area (Å²) >= 11 is 5.82. The fourth-order valence-corrected chi connectivity index (χ4v) is 2.29. The Bertz CT molecular complexity index is 870. The number of ether oxygens (including phenoxy) is 1. The lowest BCUT2D eigenvalue weighted by atomic mass is 10.1. The molecule has 0 saturated heterocycles. The molecule has 3 aromatic rings. The van der Waals surface area contributed by atoms with E-state index >= 15 is 0 Å². The molecule has 0 radical (unpaired) electrons. The van der Waals surface area contributed by atoms with Gasteiger partial charge in [0.05, 0.1) is 23.8 Å². The van der Waals surface area contributed by atoms with Crippen LogP contribution in [0.5, 0.6) is 11.5 Å². The van der Waals surface area contributed by atoms with E-state index in [0.717, 1.165) is 5.69 Å². The van der Waals surface area contributed by atoms with Gasteiger partial charge in [-0.1, -0.05) is 18.5 Å². The fraction of sp³-hybridized carbons (Fsp3) is 0.167. The van der Waals surface area contributed by atoms with Gasteiger partial charge >= 0.3 is 0 Å². The van der Waals surface area contributed by atoms with Gasteiger partial charge in [-0.05, 0) is 18.6 Å². The number of halogens is 1. The molecular formula is C18H15ClN4O2. The predicted octanol–water partition coefficient (Wildman–Crippen LogP) is 3.70. The topological polar surface area (TPSA) is 77.9 Å². The van der Waals surface area contributed by atoms with Crippen LogP contribution in [0.25, 0.3) is 0 Å². The van der Waals surface area contributed by atoms with E-state index in [9.17, 15) is 4.79 Å². The number of ketones is 1. The number of rotatable bonds is 6. The lowest BCUT2D eigenvalue weighted by molar-refractivity contribution is 0.0986. The molecule has 3 heterocycles. The molecule has 0 amide bonds. The number of aromatic nitrogens is 4. The fourth-order valence-electron chi connectivity index (χ4n) is 2.18. The van der Waals surface area contributed by atoms with Gasteiger partial charge in [0, 0.05) is 29.7 Å². The van der Waals surface area contributed by atoms with Crippen molar-refractivity contribution >= 4 is 17.4 Å². The van der Waals surface area contributed by atoms with E-state index < -0.39 is 0 Å². The Morgan fingerprint density at radius 1 is 1.08 bits per heavy atom. The van der Waals surface area contributed by atoms with Gasteiger partial charge in [-0.25, -0.2) is 15.0 Å². The Morgan fingerprint density at radius 2 is 1.88 bits per heavy atom. The van der Waals surface area contributed by atoms with Crippen LogP contribution in [-0.2, 0) is 12.8 Å². The van der Waals surface area contributed by atoms with Crippen molar-refractivity contribution in [3.63, 3.8) is 0 Å². The average Bonchev–Trinajstić information content (AvgIpc) is 2.64. The van der Waals surface area contributed by atoms with Crippen LogP contribution in [-0.4, -0.2) is 25.7 Å². The minimum absolute atomic E-state index is 0.140. The van der Waals surface area contributed by atoms with E-state index in [1.54, 1.807) is 36.7 Å². The smallest absolute Gasteiger partial charge is 0.187 e. The zero-order chi connectivity index (χ0) is 17.6. The molecule has 0 aliphatic heterocycles. The van der Waals surface area contributed by atoms with E-state index in [1.807, 2.05) is 6.92 Å². The summed E-state index contributed by atoms with van der Waals surface area (Å²) in [6.45, 7) is 1.97. The predicted molar refractivity (Wildman–Crippen MR) is 93.0 cm³/mol. The van der Waals surface area contributed by atoms with Crippen molar-refractivity contribution in [1.29, 1.82) is 0 Å². The van der Waals surface area contributed by atoms with Crippen LogP contribution < -0.4 is 4.74 Å². The summed E-state index contributed by atoms with van der Waals surface area (Å²) in [5, 5.41) is 0.531. The summed E-state index contributed by atoms with van der Waals surface area (Å²) in [4.78, 5) is 28.9. The second-order valence-corrected chi connectivity index (χ2v) is 5.71. The van der Waals surface area contributed by atoms with Gasteiger partial charge in [0.15, 0.2) is 11.5 Å². The maximum Gasteiger partial charge on any atom is 0.187 e. The lowest BCUT2D eigenvalue weighted by Gasteiger charge is -2.09. The molecule has 0 N–H and O–H groups in total. The van der Waals surface area contributed by atoms with Crippen molar-refractivity contribution in [2.75, 3.05) is 0 Å². The maximum atomic E-state index is 12.6. The summed E-state index contributed by atoms with van der Waals surface area (Å²) in [5.74, 6) is 0.877. The third kappa shape index (κ3) is 4.58. The van der Waals surface area contributed by atoms with Crippen molar-refractivity contribution in [1.82, 2.24) is 19.9 Å². The molecule has 0 unspecified atom stereocenters. The number of hydrogen-bond donors (Lipinski definition) is 0. The molecule has 126 valence electrons. The maximum absolute atomic E-state index is 12.6. The highest BCUT2D eigenvalue weighted by molar-refractivity contribution is 6.30. The molecule has 6 nitrogen and oxygen atoms in total. The quantitative estimate of drug-likeness (QED) is 0.628. The first kappa shape index (κ1) is 17.0. The van der Waals surface area contributed by atoms with E-state index in [2.05, 4.69) is 19.9 Å². The normalized spacial score (nSPS) is 10.5. The molecule has 25 heavy (non-hydrogen) atoms. The van der Waals surface area contributed by atoms with Crippen LogP contribution in [0.2, 0.25) is 5.02 Å². The highest BCUT2D eigenvalue weighted by atomic mass is 35.5. The first-order valence-corrected chi connectivity index (χ1v) is 8.09. The van der Waals surface area contributed by atoms with Crippen LogP contribution in [0.1, 0.15) is 28.8 Å². The molecule has 0 saturated carbocycles. The monoisotopic (exact) mass is 354 g/mol. The third-order valence-electron chi connectivity index (χ3n) is 3.40. The molecule has 0 aliphatic rings. The van der Waals surface area contributed by atoms with Crippen molar-refractivity contribution in [3.05, 3.63) is 71.3 Å². The van der Waals surface area contributed by atoms with Gasteiger partial charge < -0.3 is 4.74 Å². The summed E-state index contributed by atoms with van der Waals surface area (Å²) in [6, 6.07) is 6.84. The van der Waals surface area contributed by atoms with Crippen LogP contribution in [0.15, 0.2) is 49.2 Å². The van der Waals surface area contributed by atoms with E-state index in [1.165, 1.54) is 12.5 Å². The number of Topliss-reactive ketones (excluding diaryl/α,β-unsaturated/α-hetero) is 1. The number of carbonyl (C=O) groups is 1. The third-order valence-corrected chi connectivity index (χ3v) is 3.63. The molecule has 0 spiro atoms. The molecule has 3 aromatic heterocycles. The zero-order valence-corrected chi connectivity index (χ0v) is 14.3. The standard InChI is InChI=1S/C18H15ClN4O2/c1-2-13-5-15(25-16-9-20-11-21-10-16)7-17(23-13)18(24)6-14-4-3-12(19)8-22-14/h3-5,7-11H,2,6H2,1H3. The van der Waals surface area contributed by atoms with Crippen LogP contribution in [0.3, 0.4) is 0 Å². The lowest BCUT2D eigenvalue weighted by Crippen LogP contribution is -2.09. The molecule has 0 fully saturated rings. The van der Waals surface area contributed by atoms with Gasteiger partial charge in [-0.15, -0.1) is 0 Å². The van der Waals surface area contributed by atoms with Crippen molar-refractivity contribution < 1.29 is 9.53 Å². The minimum Gasteiger partial charge on any atom is -0.454 e. The first-order valence-electron chi connectivity index (χ1n) is 7.71. The van der Waals surface area contributed by atoms with Gasteiger partial charge in [-0.2, -0.15) is 0 Å². The van der Waals surface area contributed by atoms with Crippen LogP contribution >= 0.6 is 11.6 Å². The van der Waals surface area contributed by atoms with Gasteiger partial charge in [-0.3, -0.25) is 9.78 Å². The second-order valence-electron chi connectivity index (χ2n) is 5.28. The molecular weight excluding hydrogens is 340 g/mol. The number of carbonyl (C=O) groups excluding carboxylic acids is 1. The Morgan fingerprint density at radius 3 is 2.56 bits per heavy atom. The van der Waals surface area contributed by atoms with E-state index in [0.29, 0.717) is 34.3 Å². The number of pyridine rings is 2. The molecule has 0 atom stereocenters.